The summed E-state index contributed by atoms with van der Waals surface area (Å²) in [6, 6.07) is 13.7. The van der Waals surface area contributed by atoms with Gasteiger partial charge in [0, 0.05) is 10.6 Å². The molecule has 0 radical (unpaired) electrons. The van der Waals surface area contributed by atoms with Crippen molar-refractivity contribution in [1.29, 1.82) is 0 Å². The fourth-order valence-corrected chi connectivity index (χ4v) is 3.08. The lowest BCUT2D eigenvalue weighted by molar-refractivity contribution is 0.415. The van der Waals surface area contributed by atoms with Crippen LogP contribution in [0.1, 0.15) is 5.56 Å². The third-order valence-electron chi connectivity index (χ3n) is 2.81. The van der Waals surface area contributed by atoms with Crippen LogP contribution in [0.4, 0.5) is 0 Å². The summed E-state index contributed by atoms with van der Waals surface area (Å²) in [5, 5.41) is 0.852. The summed E-state index contributed by atoms with van der Waals surface area (Å²) in [6.07, 6.45) is 0. The maximum atomic E-state index is 12.4. The molecule has 0 bridgehead atoms. The van der Waals surface area contributed by atoms with Gasteiger partial charge in [0.2, 0.25) is 0 Å². The zero-order valence-corrected chi connectivity index (χ0v) is 11.2. The van der Waals surface area contributed by atoms with E-state index in [0.717, 1.165) is 5.56 Å². The van der Waals surface area contributed by atoms with E-state index in [1.807, 2.05) is 19.1 Å². The molecule has 0 aromatic heterocycles. The van der Waals surface area contributed by atoms with Gasteiger partial charge >= 0.3 is 0 Å². The predicted molar refractivity (Wildman–Crippen MR) is 73.3 cm³/mol. The average Bonchev–Trinajstić information content (AvgIpc) is 2.39. The van der Waals surface area contributed by atoms with Crippen molar-refractivity contribution >= 4 is 18.0 Å². The molecule has 0 aliphatic rings. The lowest BCUT2D eigenvalue weighted by atomic mass is 10.2. The highest BCUT2D eigenvalue weighted by Crippen LogP contribution is 2.38. The van der Waals surface area contributed by atoms with Crippen LogP contribution in [0.3, 0.4) is 0 Å². The zero-order valence-electron chi connectivity index (χ0n) is 10.3. The van der Waals surface area contributed by atoms with Gasteiger partial charge in [0.1, 0.15) is 5.75 Å². The molecule has 4 heteroatoms. The number of ether oxygens (including phenoxy) is 1. The molecule has 0 heterocycles. The molecule has 1 atom stereocenters. The summed E-state index contributed by atoms with van der Waals surface area (Å²) >= 11 is 0. The Hall–Kier alpha value is -1.57. The molecule has 0 saturated carbocycles. The maximum Gasteiger partial charge on any atom is 0.258 e. The van der Waals surface area contributed by atoms with Crippen molar-refractivity contribution in [2.24, 2.45) is 0 Å². The van der Waals surface area contributed by atoms with Crippen molar-refractivity contribution in [2.45, 2.75) is 6.92 Å². The van der Waals surface area contributed by atoms with Crippen LogP contribution in [-0.2, 0) is 4.57 Å². The van der Waals surface area contributed by atoms with Crippen LogP contribution in [0, 0.1) is 6.92 Å². The molecule has 0 aliphatic carbocycles. The van der Waals surface area contributed by atoms with E-state index in [1.54, 1.807) is 43.5 Å². The van der Waals surface area contributed by atoms with Crippen LogP contribution in [0.25, 0.3) is 0 Å². The average molecular weight is 262 g/mol. The van der Waals surface area contributed by atoms with Gasteiger partial charge in [-0.25, -0.2) is 0 Å². The van der Waals surface area contributed by atoms with Gasteiger partial charge in [-0.2, -0.15) is 0 Å². The Morgan fingerprint density at radius 1 is 0.944 bits per heavy atom. The summed E-state index contributed by atoms with van der Waals surface area (Å²) in [4.78, 5) is 10.2. The third-order valence-corrected chi connectivity index (χ3v) is 4.80. The molecule has 0 fully saturated rings. The highest BCUT2D eigenvalue weighted by Gasteiger charge is 2.23. The Bertz CT molecular complexity index is 573. The molecule has 0 aliphatic heterocycles. The Balaban J connectivity index is 2.40. The van der Waals surface area contributed by atoms with E-state index in [9.17, 15) is 9.46 Å². The van der Waals surface area contributed by atoms with Crippen LogP contribution < -0.4 is 15.3 Å². The van der Waals surface area contributed by atoms with Crippen molar-refractivity contribution < 1.29 is 14.2 Å². The Labute approximate surface area is 107 Å². The number of rotatable bonds is 3. The van der Waals surface area contributed by atoms with Crippen LogP contribution >= 0.6 is 7.37 Å². The van der Waals surface area contributed by atoms with Gasteiger partial charge < -0.3 is 9.63 Å². The first-order valence-corrected chi connectivity index (χ1v) is 7.24. The van der Waals surface area contributed by atoms with Gasteiger partial charge in [-0.1, -0.05) is 17.7 Å². The van der Waals surface area contributed by atoms with E-state index >= 15 is 0 Å². The van der Waals surface area contributed by atoms with Crippen molar-refractivity contribution in [3.8, 4) is 5.75 Å². The molecular weight excluding hydrogens is 247 g/mol. The van der Waals surface area contributed by atoms with Crippen molar-refractivity contribution in [2.75, 3.05) is 7.11 Å². The molecule has 3 nitrogen and oxygen atoms in total. The molecule has 2 rings (SSSR count). The standard InChI is InChI=1S/C14H15O3P/c1-11-3-7-13(8-4-11)18(15,16)14-9-5-12(17-2)6-10-14/h3-10H,1-2H3,(H,15,16). The minimum atomic E-state index is -3.50. The summed E-state index contributed by atoms with van der Waals surface area (Å²) in [6.45, 7) is 1.94. The Morgan fingerprint density at radius 3 is 1.83 bits per heavy atom. The number of benzene rings is 2. The Morgan fingerprint density at radius 2 is 1.39 bits per heavy atom. The minimum Gasteiger partial charge on any atom is -0.497 e. The molecule has 94 valence electrons. The first kappa shape index (κ1) is 12.9. The minimum absolute atomic E-state index is 0.409. The van der Waals surface area contributed by atoms with Gasteiger partial charge in [0.15, 0.2) is 0 Å². The largest absolute Gasteiger partial charge is 0.497 e. The first-order chi connectivity index (χ1) is 8.54. The smallest absolute Gasteiger partial charge is 0.258 e. The summed E-state index contributed by atoms with van der Waals surface area (Å²) in [5.41, 5.74) is 1.06. The first-order valence-electron chi connectivity index (χ1n) is 5.58. The lowest BCUT2D eigenvalue weighted by Gasteiger charge is -2.12. The molecular formula is C14H15O3P. The van der Waals surface area contributed by atoms with Crippen molar-refractivity contribution in [3.05, 3.63) is 54.1 Å². The van der Waals surface area contributed by atoms with Gasteiger partial charge in [-0.15, -0.1) is 0 Å². The second-order valence-electron chi connectivity index (χ2n) is 4.11. The van der Waals surface area contributed by atoms with Crippen molar-refractivity contribution in [1.82, 2.24) is 0 Å². The van der Waals surface area contributed by atoms with Gasteiger partial charge in [0.05, 0.1) is 7.11 Å². The highest BCUT2D eigenvalue weighted by atomic mass is 31.2. The number of hydrogen-bond acceptors (Lipinski definition) is 2. The summed E-state index contributed by atoms with van der Waals surface area (Å²) in [5.74, 6) is 0.669. The van der Waals surface area contributed by atoms with E-state index < -0.39 is 7.37 Å². The van der Waals surface area contributed by atoms with Crippen LogP contribution in [-0.4, -0.2) is 12.0 Å². The highest BCUT2D eigenvalue weighted by molar-refractivity contribution is 7.73. The summed E-state index contributed by atoms with van der Waals surface area (Å²) in [7, 11) is -1.94. The second-order valence-corrected chi connectivity index (χ2v) is 6.29. The molecule has 1 unspecified atom stereocenters. The molecule has 18 heavy (non-hydrogen) atoms. The van der Waals surface area contributed by atoms with Crippen molar-refractivity contribution in [3.63, 3.8) is 0 Å². The molecule has 2 aromatic carbocycles. The van der Waals surface area contributed by atoms with E-state index in [4.69, 9.17) is 4.74 Å². The number of methoxy groups -OCH3 is 1. The van der Waals surface area contributed by atoms with E-state index in [-0.39, 0.29) is 0 Å². The van der Waals surface area contributed by atoms with Gasteiger partial charge in [-0.05, 0) is 43.3 Å². The predicted octanol–water partition coefficient (Wildman–Crippen LogP) is 2.22. The fourth-order valence-electron chi connectivity index (χ4n) is 1.68. The van der Waals surface area contributed by atoms with Gasteiger partial charge in [-0.3, -0.25) is 4.57 Å². The van der Waals surface area contributed by atoms with Crippen LogP contribution in [0.2, 0.25) is 0 Å². The molecule has 0 amide bonds. The normalized spacial score (nSPS) is 13.9. The maximum absolute atomic E-state index is 12.4. The number of hydrogen-bond donors (Lipinski definition) is 1. The number of aryl methyl sites for hydroxylation is 1. The summed E-state index contributed by atoms with van der Waals surface area (Å²) < 4.78 is 17.5. The van der Waals surface area contributed by atoms with E-state index in [2.05, 4.69) is 0 Å². The van der Waals surface area contributed by atoms with Crippen LogP contribution in [0.15, 0.2) is 48.5 Å². The topological polar surface area (TPSA) is 46.5 Å². The van der Waals surface area contributed by atoms with Gasteiger partial charge in [0.25, 0.3) is 7.37 Å². The third kappa shape index (κ3) is 2.47. The van der Waals surface area contributed by atoms with E-state index in [1.165, 1.54) is 0 Å². The van der Waals surface area contributed by atoms with E-state index in [0.29, 0.717) is 16.4 Å². The molecule has 0 spiro atoms. The molecule has 0 saturated heterocycles. The fraction of sp³-hybridized carbons (Fsp3) is 0.143. The Kier molecular flexibility index (Phi) is 3.55. The lowest BCUT2D eigenvalue weighted by Crippen LogP contribution is -2.15. The zero-order chi connectivity index (χ0) is 13.2. The molecule has 1 N–H and O–H groups in total. The van der Waals surface area contributed by atoms with Crippen LogP contribution in [0.5, 0.6) is 5.75 Å². The second kappa shape index (κ2) is 4.97. The SMILES string of the molecule is COc1ccc(P(=O)(O)c2ccc(C)cc2)cc1. The quantitative estimate of drug-likeness (QED) is 0.863. The monoisotopic (exact) mass is 262 g/mol. The molecule has 2 aromatic rings.